The van der Waals surface area contributed by atoms with Gasteiger partial charge < -0.3 is 5.11 Å². The molecular weight excluding hydrogens is 1640 g/mol. The smallest absolute Gasteiger partial charge is 0.181 e. The first-order chi connectivity index (χ1) is 12.0. The maximum absolute atomic E-state index is 11.3. The normalized spacial score (nSPS) is 18.6. The van der Waals surface area contributed by atoms with Crippen molar-refractivity contribution < 1.29 is 5.11 Å². The van der Waals surface area contributed by atoms with Crippen LogP contribution in [0, 0.1) is 0 Å². The van der Waals surface area contributed by atoms with Crippen LogP contribution in [0.15, 0.2) is 0 Å². The Bertz CT molecular complexity index is 554. The number of alkyl halides is 19. The molecule has 0 bridgehead atoms. The molecule has 20 heteroatoms. The molecule has 29 heavy (non-hydrogen) atoms. The van der Waals surface area contributed by atoms with Gasteiger partial charge in [0.15, 0.2) is 8.80 Å². The minimum absolute atomic E-state index is 0.829. The van der Waals surface area contributed by atoms with E-state index in [0.717, 1.165) is 0 Å². The molecule has 0 aromatic rings. The Balaban J connectivity index is 6.82. The van der Waals surface area contributed by atoms with E-state index in [4.69, 9.17) is 0 Å². The van der Waals surface area contributed by atoms with Gasteiger partial charge in [-0.3, -0.25) is 0 Å². The molecule has 0 rings (SSSR count). The van der Waals surface area contributed by atoms with Gasteiger partial charge in [0.2, 0.25) is 0 Å². The van der Waals surface area contributed by atoms with Gasteiger partial charge in [-0.15, -0.1) is 0 Å². The predicted octanol–water partition coefficient (Wildman–Crippen LogP) is 13.7. The zero-order valence-corrected chi connectivity index (χ0v) is 42.3. The number of aliphatic hydroxyl groups is 1. The van der Waals surface area contributed by atoms with Crippen LogP contribution in [0.4, 0.5) is 0 Å². The van der Waals surface area contributed by atoms with Gasteiger partial charge in [0.05, 0.1) is 0 Å². The van der Waals surface area contributed by atoms with Crippen LogP contribution in [-0.2, 0) is 0 Å². The van der Waals surface area contributed by atoms with E-state index >= 15 is 0 Å². The quantitative estimate of drug-likeness (QED) is 0.263. The summed E-state index contributed by atoms with van der Waals surface area (Å²) in [5, 5.41) is 11.3. The first-order valence-electron chi connectivity index (χ1n) is 5.81. The number of hydrogen-bond acceptors (Lipinski definition) is 1. The van der Waals surface area contributed by atoms with Gasteiger partial charge in [-0.1, -0.05) is 287 Å². The molecule has 0 aliphatic carbocycles. The third kappa shape index (κ3) is 6.94. The summed E-state index contributed by atoms with van der Waals surface area (Å²) in [5.74, 6) is 0. The SMILES string of the molecule is OC(Br)(C(Br)(Br)Br)C(Br)(Br)C(Br)(Br)C(Br)(Br)C(Br)(Br)C(Br)(Br)C(Br)(Br)C(Br)(Br)Br. The standard InChI is InChI=1S/C9HBr19O/c10-1(11,2(12,13)4(16,17)6(20,21)8(23,24)25)3(14,15)5(18,19)7(22,29)9(26,27)28/h29H. The highest BCUT2D eigenvalue weighted by Gasteiger charge is 2.78. The zero-order chi connectivity index (χ0) is 24.5. The lowest BCUT2D eigenvalue weighted by atomic mass is 10.1. The van der Waals surface area contributed by atoms with Crippen molar-refractivity contribution >= 4 is 303 Å². The largest absolute Gasteiger partial charge is 0.373 e. The Morgan fingerprint density at radius 1 is 0.276 bits per heavy atom. The van der Waals surface area contributed by atoms with E-state index < -0.39 is 28.2 Å². The molecule has 0 saturated carbocycles. The monoisotopic (exact) mass is 1620 g/mol. The van der Waals surface area contributed by atoms with Crippen molar-refractivity contribution in [1.29, 1.82) is 0 Å². The van der Waals surface area contributed by atoms with Crippen LogP contribution in [0.25, 0.3) is 0 Å². The Hall–Kier alpha value is 9.08. The van der Waals surface area contributed by atoms with Gasteiger partial charge >= 0.3 is 0 Å². The van der Waals surface area contributed by atoms with Crippen molar-refractivity contribution in [1.82, 2.24) is 0 Å². The van der Waals surface area contributed by atoms with Crippen molar-refractivity contribution in [2.24, 2.45) is 0 Å². The van der Waals surface area contributed by atoms with Gasteiger partial charge in [0.25, 0.3) is 0 Å². The van der Waals surface area contributed by atoms with E-state index in [2.05, 4.69) is 303 Å². The number of hydrogen-bond donors (Lipinski definition) is 1. The highest BCUT2D eigenvalue weighted by atomic mass is 80.0. The Kier molecular flexibility index (Phi) is 15.9. The van der Waals surface area contributed by atoms with E-state index in [1.165, 1.54) is 0 Å². The molecule has 1 atom stereocenters. The van der Waals surface area contributed by atoms with Crippen molar-refractivity contribution in [3.8, 4) is 0 Å². The minimum atomic E-state index is -1.70. The van der Waals surface area contributed by atoms with E-state index in [1.807, 2.05) is 0 Å². The lowest BCUT2D eigenvalue weighted by Gasteiger charge is -2.58. The lowest BCUT2D eigenvalue weighted by Crippen LogP contribution is -2.70. The summed E-state index contributed by atoms with van der Waals surface area (Å²) < 4.78 is -10.5. The fraction of sp³-hybridized carbons (Fsp3) is 1.00. The van der Waals surface area contributed by atoms with Crippen LogP contribution in [0.1, 0.15) is 0 Å². The third-order valence-electron chi connectivity index (χ3n) is 3.12. The second-order valence-corrected chi connectivity index (χ2v) is 40.4. The summed E-state index contributed by atoms with van der Waals surface area (Å²) in [7, 11) is 0. The average molecular weight is 1640 g/mol. The van der Waals surface area contributed by atoms with Crippen molar-refractivity contribution in [3.05, 3.63) is 0 Å². The summed E-state index contributed by atoms with van der Waals surface area (Å²) >= 11 is 68.7. The summed E-state index contributed by atoms with van der Waals surface area (Å²) in [6.45, 7) is 0. The molecule has 0 fully saturated rings. The summed E-state index contributed by atoms with van der Waals surface area (Å²) in [6, 6.07) is 0. The van der Waals surface area contributed by atoms with E-state index in [9.17, 15) is 5.11 Å². The van der Waals surface area contributed by atoms with E-state index in [-0.39, 0.29) is 0 Å². The second kappa shape index (κ2) is 12.1. The summed E-state index contributed by atoms with van der Waals surface area (Å²) in [6.07, 6.45) is 0. The fourth-order valence-corrected chi connectivity index (χ4v) is 17.9. The molecule has 0 aliphatic heterocycles. The zero-order valence-electron chi connectivity index (χ0n) is 12.1. The van der Waals surface area contributed by atoms with Crippen molar-refractivity contribution in [3.63, 3.8) is 0 Å². The molecular formula is C9HBr19O. The molecule has 0 aromatic carbocycles. The van der Waals surface area contributed by atoms with E-state index in [1.54, 1.807) is 0 Å². The third-order valence-corrected chi connectivity index (χ3v) is 38.5. The molecule has 176 valence electrons. The number of rotatable bonds is 6. The molecule has 0 heterocycles. The van der Waals surface area contributed by atoms with Crippen LogP contribution in [0.2, 0.25) is 0 Å². The van der Waals surface area contributed by atoms with Crippen LogP contribution >= 0.6 is 303 Å². The first-order valence-corrected chi connectivity index (χ1v) is 20.9. The van der Waals surface area contributed by atoms with Gasteiger partial charge in [-0.2, -0.15) is 0 Å². The molecule has 0 amide bonds. The van der Waals surface area contributed by atoms with Crippen LogP contribution < -0.4 is 0 Å². The summed E-state index contributed by atoms with van der Waals surface area (Å²) in [4.78, 5) is 0. The molecule has 1 nitrogen and oxygen atoms in total. The maximum Gasteiger partial charge on any atom is 0.181 e. The van der Waals surface area contributed by atoms with Gasteiger partial charge in [0, 0.05) is 0 Å². The van der Waals surface area contributed by atoms with Crippen LogP contribution in [0.3, 0.4) is 0 Å². The lowest BCUT2D eigenvalue weighted by molar-refractivity contribution is 0.146. The molecule has 1 unspecified atom stereocenters. The van der Waals surface area contributed by atoms with Crippen LogP contribution in [0.5, 0.6) is 0 Å². The van der Waals surface area contributed by atoms with Gasteiger partial charge in [-0.05, 0) is 15.9 Å². The molecule has 0 saturated heterocycles. The Morgan fingerprint density at radius 3 is 0.690 bits per heavy atom. The highest BCUT2D eigenvalue weighted by Crippen LogP contribution is 2.78. The molecule has 0 aromatic heterocycles. The minimum Gasteiger partial charge on any atom is -0.373 e. The average Bonchev–Trinajstić information content (AvgIpc) is 2.43. The molecule has 1 N–H and O–H groups in total. The molecule has 0 aliphatic rings. The summed E-state index contributed by atoms with van der Waals surface area (Å²) in [5.41, 5.74) is 0. The Morgan fingerprint density at radius 2 is 0.483 bits per heavy atom. The molecule has 0 spiro atoms. The molecule has 0 radical (unpaired) electrons. The fourth-order valence-electron chi connectivity index (χ4n) is 1.35. The van der Waals surface area contributed by atoms with Crippen LogP contribution in [-0.4, -0.2) is 33.3 Å². The highest BCUT2D eigenvalue weighted by molar-refractivity contribution is 9.42. The topological polar surface area (TPSA) is 20.2 Å². The Labute approximate surface area is 328 Å². The van der Waals surface area contributed by atoms with Gasteiger partial charge in [-0.25, -0.2) is 0 Å². The maximum atomic E-state index is 11.3. The van der Waals surface area contributed by atoms with Gasteiger partial charge in [0.1, 0.15) is 19.4 Å². The second-order valence-electron chi connectivity index (χ2n) is 5.06. The number of halogens is 19. The van der Waals surface area contributed by atoms with Crippen molar-refractivity contribution in [2.45, 2.75) is 28.2 Å². The first kappa shape index (κ1) is 38.1. The van der Waals surface area contributed by atoms with E-state index in [0.29, 0.717) is 0 Å². The predicted molar refractivity (Wildman–Crippen MR) is 196 cm³/mol. The van der Waals surface area contributed by atoms with Crippen molar-refractivity contribution in [2.75, 3.05) is 0 Å².